The lowest BCUT2D eigenvalue weighted by molar-refractivity contribution is -0.122. The molecule has 1 N–H and O–H groups in total. The number of carbonyl (C=O) groups is 1. The zero-order valence-corrected chi connectivity index (χ0v) is 15.4. The Morgan fingerprint density at radius 1 is 1.04 bits per heavy atom. The van der Waals surface area contributed by atoms with Crippen LogP contribution in [-0.2, 0) is 10.2 Å². The molecule has 0 spiro atoms. The summed E-state index contributed by atoms with van der Waals surface area (Å²) in [6.45, 7) is 12.3. The minimum absolute atomic E-state index is 0.101. The van der Waals surface area contributed by atoms with Crippen LogP contribution in [0.25, 0.3) is 0 Å². The average Bonchev–Trinajstić information content (AvgIpc) is 2.50. The fourth-order valence-electron chi connectivity index (χ4n) is 2.40. The van der Waals surface area contributed by atoms with E-state index in [1.165, 1.54) is 5.56 Å². The first kappa shape index (κ1) is 18.1. The average molecular weight is 325 g/mol. The van der Waals surface area contributed by atoms with Gasteiger partial charge >= 0.3 is 0 Å². The van der Waals surface area contributed by atoms with E-state index in [-0.39, 0.29) is 11.3 Å². The fraction of sp³-hybridized carbons (Fsp3) is 0.381. The first-order valence-corrected chi connectivity index (χ1v) is 8.32. The summed E-state index contributed by atoms with van der Waals surface area (Å²) in [5.41, 5.74) is 4.32. The highest BCUT2D eigenvalue weighted by atomic mass is 16.5. The van der Waals surface area contributed by atoms with E-state index in [9.17, 15) is 4.79 Å². The molecule has 0 aromatic heterocycles. The lowest BCUT2D eigenvalue weighted by Crippen LogP contribution is -2.30. The maximum absolute atomic E-state index is 12.4. The summed E-state index contributed by atoms with van der Waals surface area (Å²) < 4.78 is 5.77. The van der Waals surface area contributed by atoms with Gasteiger partial charge in [-0.2, -0.15) is 0 Å². The van der Waals surface area contributed by atoms with Gasteiger partial charge in [-0.05, 0) is 61.1 Å². The van der Waals surface area contributed by atoms with Gasteiger partial charge in [-0.1, -0.05) is 45.0 Å². The van der Waals surface area contributed by atoms with Gasteiger partial charge in [0.2, 0.25) is 0 Å². The van der Waals surface area contributed by atoms with Gasteiger partial charge in [-0.25, -0.2) is 0 Å². The molecule has 0 radical (unpaired) electrons. The molecule has 0 unspecified atom stereocenters. The Labute approximate surface area is 145 Å². The Balaban J connectivity index is 2.02. The van der Waals surface area contributed by atoms with E-state index in [4.69, 9.17) is 4.74 Å². The molecule has 1 amide bonds. The van der Waals surface area contributed by atoms with Crippen LogP contribution >= 0.6 is 0 Å². The smallest absolute Gasteiger partial charge is 0.265 e. The minimum Gasteiger partial charge on any atom is -0.481 e. The van der Waals surface area contributed by atoms with Crippen molar-refractivity contribution in [3.05, 3.63) is 59.2 Å². The standard InChI is InChI=1S/C21H27NO2/c1-14-7-8-15(2)19(13-14)22-20(23)16(3)24-18-11-9-17(10-12-18)21(4,5)6/h7-13,16H,1-6H3,(H,22,23)/t16-/m1/s1. The lowest BCUT2D eigenvalue weighted by Gasteiger charge is -2.20. The number of ether oxygens (including phenoxy) is 1. The summed E-state index contributed by atoms with van der Waals surface area (Å²) in [7, 11) is 0. The van der Waals surface area contributed by atoms with Crippen molar-refractivity contribution in [1.29, 1.82) is 0 Å². The van der Waals surface area contributed by atoms with Crippen LogP contribution in [0.15, 0.2) is 42.5 Å². The second-order valence-corrected chi connectivity index (χ2v) is 7.34. The molecule has 2 aromatic carbocycles. The molecule has 0 saturated heterocycles. The van der Waals surface area contributed by atoms with Gasteiger partial charge in [0.1, 0.15) is 5.75 Å². The Bertz CT molecular complexity index is 712. The van der Waals surface area contributed by atoms with Crippen LogP contribution in [-0.4, -0.2) is 12.0 Å². The molecule has 0 bridgehead atoms. The summed E-state index contributed by atoms with van der Waals surface area (Å²) in [5.74, 6) is 0.551. The predicted molar refractivity (Wildman–Crippen MR) is 99.8 cm³/mol. The van der Waals surface area contributed by atoms with Crippen molar-refractivity contribution in [3.63, 3.8) is 0 Å². The van der Waals surface area contributed by atoms with Gasteiger partial charge in [-0.3, -0.25) is 4.79 Å². The fourth-order valence-corrected chi connectivity index (χ4v) is 2.40. The highest BCUT2D eigenvalue weighted by Crippen LogP contribution is 2.25. The van der Waals surface area contributed by atoms with Crippen molar-refractivity contribution in [1.82, 2.24) is 0 Å². The molecule has 128 valence electrons. The zero-order chi connectivity index (χ0) is 17.9. The van der Waals surface area contributed by atoms with Gasteiger partial charge < -0.3 is 10.1 Å². The summed E-state index contributed by atoms with van der Waals surface area (Å²) in [6.07, 6.45) is -0.564. The highest BCUT2D eigenvalue weighted by Gasteiger charge is 2.17. The van der Waals surface area contributed by atoms with E-state index in [1.54, 1.807) is 6.92 Å². The lowest BCUT2D eigenvalue weighted by atomic mass is 9.87. The van der Waals surface area contributed by atoms with Crippen molar-refractivity contribution in [2.75, 3.05) is 5.32 Å². The topological polar surface area (TPSA) is 38.3 Å². The SMILES string of the molecule is Cc1ccc(C)c(NC(=O)[C@@H](C)Oc2ccc(C(C)(C)C)cc2)c1. The quantitative estimate of drug-likeness (QED) is 0.858. The number of rotatable bonds is 4. The number of anilines is 1. The van der Waals surface area contributed by atoms with Crippen molar-refractivity contribution in [2.24, 2.45) is 0 Å². The Hall–Kier alpha value is -2.29. The number of aryl methyl sites for hydroxylation is 2. The molecule has 0 heterocycles. The first-order valence-electron chi connectivity index (χ1n) is 8.32. The Morgan fingerprint density at radius 3 is 2.25 bits per heavy atom. The van der Waals surface area contributed by atoms with Gasteiger partial charge in [-0.15, -0.1) is 0 Å². The molecule has 24 heavy (non-hydrogen) atoms. The summed E-state index contributed by atoms with van der Waals surface area (Å²) >= 11 is 0. The van der Waals surface area contributed by atoms with E-state index in [1.807, 2.05) is 56.3 Å². The highest BCUT2D eigenvalue weighted by molar-refractivity contribution is 5.94. The number of hydrogen-bond acceptors (Lipinski definition) is 2. The van der Waals surface area contributed by atoms with E-state index in [0.29, 0.717) is 5.75 Å². The molecule has 2 aromatic rings. The maximum Gasteiger partial charge on any atom is 0.265 e. The van der Waals surface area contributed by atoms with Crippen LogP contribution in [0.4, 0.5) is 5.69 Å². The molecular formula is C21H27NO2. The second-order valence-electron chi connectivity index (χ2n) is 7.34. The Morgan fingerprint density at radius 2 is 1.67 bits per heavy atom. The number of amides is 1. The first-order chi connectivity index (χ1) is 11.2. The summed E-state index contributed by atoms with van der Waals surface area (Å²) in [5, 5.41) is 2.94. The molecule has 0 aliphatic heterocycles. The number of hydrogen-bond donors (Lipinski definition) is 1. The van der Waals surface area contributed by atoms with Crippen molar-refractivity contribution in [3.8, 4) is 5.75 Å². The molecule has 0 aliphatic rings. The molecule has 3 heteroatoms. The predicted octanol–water partition coefficient (Wildman–Crippen LogP) is 5.01. The third kappa shape index (κ3) is 4.60. The second kappa shape index (κ2) is 7.08. The van der Waals surface area contributed by atoms with Crippen LogP contribution in [0.1, 0.15) is 44.4 Å². The maximum atomic E-state index is 12.4. The molecule has 3 nitrogen and oxygen atoms in total. The molecule has 0 fully saturated rings. The minimum atomic E-state index is -0.564. The van der Waals surface area contributed by atoms with E-state index >= 15 is 0 Å². The molecular weight excluding hydrogens is 298 g/mol. The summed E-state index contributed by atoms with van der Waals surface area (Å²) in [6, 6.07) is 13.9. The molecule has 0 saturated carbocycles. The van der Waals surface area contributed by atoms with Crippen LogP contribution in [0.5, 0.6) is 5.75 Å². The van der Waals surface area contributed by atoms with Crippen LogP contribution in [0.3, 0.4) is 0 Å². The molecule has 0 aliphatic carbocycles. The van der Waals surface area contributed by atoms with Gasteiger partial charge in [0.25, 0.3) is 5.91 Å². The van der Waals surface area contributed by atoms with E-state index in [2.05, 4.69) is 26.1 Å². The molecule has 2 rings (SSSR count). The van der Waals surface area contributed by atoms with E-state index < -0.39 is 6.10 Å². The van der Waals surface area contributed by atoms with Crippen molar-refractivity contribution >= 4 is 11.6 Å². The van der Waals surface area contributed by atoms with Crippen molar-refractivity contribution < 1.29 is 9.53 Å². The third-order valence-electron chi connectivity index (χ3n) is 4.05. The Kier molecular flexibility index (Phi) is 5.33. The van der Waals surface area contributed by atoms with Crippen molar-refractivity contribution in [2.45, 2.75) is 53.1 Å². The van der Waals surface area contributed by atoms with Gasteiger partial charge in [0, 0.05) is 5.69 Å². The number of nitrogens with one attached hydrogen (secondary N) is 1. The van der Waals surface area contributed by atoms with Crippen LogP contribution < -0.4 is 10.1 Å². The molecule has 1 atom stereocenters. The third-order valence-corrected chi connectivity index (χ3v) is 4.05. The summed E-state index contributed by atoms with van der Waals surface area (Å²) in [4.78, 5) is 12.4. The van der Waals surface area contributed by atoms with E-state index in [0.717, 1.165) is 16.8 Å². The number of benzene rings is 2. The van der Waals surface area contributed by atoms with Gasteiger partial charge in [0.05, 0.1) is 0 Å². The van der Waals surface area contributed by atoms with Crippen LogP contribution in [0.2, 0.25) is 0 Å². The van der Waals surface area contributed by atoms with Gasteiger partial charge in [0.15, 0.2) is 6.10 Å². The zero-order valence-electron chi connectivity index (χ0n) is 15.4. The normalized spacial score (nSPS) is 12.6. The number of carbonyl (C=O) groups excluding carboxylic acids is 1. The van der Waals surface area contributed by atoms with Crippen LogP contribution in [0, 0.1) is 13.8 Å². The monoisotopic (exact) mass is 325 g/mol. The largest absolute Gasteiger partial charge is 0.481 e.